The molecule has 0 saturated carbocycles. The van der Waals surface area contributed by atoms with Gasteiger partial charge in [0.05, 0.1) is 25.5 Å². The molecular formula is C22H19N3O5. The molecule has 8 heteroatoms. The lowest BCUT2D eigenvalue weighted by Crippen LogP contribution is -2.45. The van der Waals surface area contributed by atoms with Gasteiger partial charge in [0.25, 0.3) is 11.8 Å². The van der Waals surface area contributed by atoms with Gasteiger partial charge in [-0.1, -0.05) is 6.07 Å². The smallest absolute Gasteiger partial charge is 0.290 e. The summed E-state index contributed by atoms with van der Waals surface area (Å²) < 4.78 is 10.4. The second-order valence-corrected chi connectivity index (χ2v) is 6.76. The first-order chi connectivity index (χ1) is 14.6. The van der Waals surface area contributed by atoms with Crippen molar-refractivity contribution in [3.05, 3.63) is 78.5 Å². The Kier molecular flexibility index (Phi) is 5.30. The largest absolute Gasteiger partial charge is 0.497 e. The highest BCUT2D eigenvalue weighted by molar-refractivity contribution is 6.23. The lowest BCUT2D eigenvalue weighted by molar-refractivity contribution is -0.122. The van der Waals surface area contributed by atoms with E-state index in [0.29, 0.717) is 11.4 Å². The van der Waals surface area contributed by atoms with E-state index in [4.69, 9.17) is 9.15 Å². The van der Waals surface area contributed by atoms with Crippen LogP contribution in [0, 0.1) is 0 Å². The number of carbonyl (C=O) groups is 3. The van der Waals surface area contributed by atoms with Gasteiger partial charge in [0.1, 0.15) is 11.8 Å². The fourth-order valence-electron chi connectivity index (χ4n) is 3.42. The molecule has 30 heavy (non-hydrogen) atoms. The van der Waals surface area contributed by atoms with Gasteiger partial charge in [0.2, 0.25) is 5.91 Å². The number of nitrogens with zero attached hydrogens (tertiary/aromatic N) is 3. The molecule has 1 unspecified atom stereocenters. The van der Waals surface area contributed by atoms with Crippen LogP contribution in [0.25, 0.3) is 0 Å². The van der Waals surface area contributed by atoms with E-state index in [-0.39, 0.29) is 24.6 Å². The number of methoxy groups -OCH3 is 1. The van der Waals surface area contributed by atoms with Crippen molar-refractivity contribution in [3.63, 3.8) is 0 Å². The maximum Gasteiger partial charge on any atom is 0.290 e. The normalized spacial score (nSPS) is 16.0. The average Bonchev–Trinajstić information content (AvgIpc) is 3.41. The molecule has 3 amide bonds. The van der Waals surface area contributed by atoms with E-state index in [1.807, 2.05) is 0 Å². The zero-order valence-electron chi connectivity index (χ0n) is 16.2. The van der Waals surface area contributed by atoms with Crippen molar-refractivity contribution in [2.24, 2.45) is 0 Å². The minimum Gasteiger partial charge on any atom is -0.497 e. The van der Waals surface area contributed by atoms with Crippen molar-refractivity contribution in [3.8, 4) is 5.75 Å². The summed E-state index contributed by atoms with van der Waals surface area (Å²) in [4.78, 5) is 45.5. The first kappa shape index (κ1) is 19.4. The third-order valence-electron chi connectivity index (χ3n) is 4.90. The maximum atomic E-state index is 13.2. The number of furan rings is 1. The number of hydrogen-bond donors (Lipinski definition) is 0. The lowest BCUT2D eigenvalue weighted by Gasteiger charge is -2.27. The van der Waals surface area contributed by atoms with Crippen molar-refractivity contribution in [1.29, 1.82) is 0 Å². The molecule has 3 heterocycles. The lowest BCUT2D eigenvalue weighted by atomic mass is 10.1. The number of anilines is 1. The van der Waals surface area contributed by atoms with Gasteiger partial charge in [-0.3, -0.25) is 19.4 Å². The third kappa shape index (κ3) is 3.67. The van der Waals surface area contributed by atoms with Crippen molar-refractivity contribution in [2.45, 2.75) is 19.0 Å². The molecule has 8 nitrogen and oxygen atoms in total. The van der Waals surface area contributed by atoms with Crippen LogP contribution in [0.1, 0.15) is 22.5 Å². The van der Waals surface area contributed by atoms with Gasteiger partial charge in [-0.2, -0.15) is 0 Å². The van der Waals surface area contributed by atoms with E-state index in [1.165, 1.54) is 24.3 Å². The van der Waals surface area contributed by atoms with Crippen LogP contribution in [0.2, 0.25) is 0 Å². The highest BCUT2D eigenvalue weighted by atomic mass is 16.5. The number of hydrogen-bond acceptors (Lipinski definition) is 6. The summed E-state index contributed by atoms with van der Waals surface area (Å²) in [7, 11) is 1.54. The summed E-state index contributed by atoms with van der Waals surface area (Å²) >= 11 is 0. The minimum atomic E-state index is -0.947. The number of pyridine rings is 1. The van der Waals surface area contributed by atoms with E-state index in [9.17, 15) is 14.4 Å². The summed E-state index contributed by atoms with van der Waals surface area (Å²) in [5, 5.41) is 0. The Labute approximate surface area is 172 Å². The molecule has 0 N–H and O–H groups in total. The average molecular weight is 405 g/mol. The Morgan fingerprint density at radius 1 is 1.20 bits per heavy atom. The van der Waals surface area contributed by atoms with Gasteiger partial charge in [0.15, 0.2) is 5.76 Å². The van der Waals surface area contributed by atoms with Crippen LogP contribution in [-0.2, 0) is 16.1 Å². The molecule has 1 fully saturated rings. The van der Waals surface area contributed by atoms with Crippen LogP contribution in [0.15, 0.2) is 71.6 Å². The second kappa shape index (κ2) is 8.20. The second-order valence-electron chi connectivity index (χ2n) is 6.76. The third-order valence-corrected chi connectivity index (χ3v) is 4.90. The van der Waals surface area contributed by atoms with Gasteiger partial charge in [0, 0.05) is 18.9 Å². The topological polar surface area (TPSA) is 92.9 Å². The molecule has 152 valence electrons. The highest BCUT2D eigenvalue weighted by Crippen LogP contribution is 2.29. The number of rotatable bonds is 6. The molecule has 0 spiro atoms. The van der Waals surface area contributed by atoms with Gasteiger partial charge in [-0.25, -0.2) is 4.90 Å². The zero-order valence-corrected chi connectivity index (χ0v) is 16.2. The van der Waals surface area contributed by atoms with Crippen LogP contribution in [0.4, 0.5) is 5.69 Å². The number of amides is 3. The Bertz CT molecular complexity index is 1050. The van der Waals surface area contributed by atoms with Crippen molar-refractivity contribution < 1.29 is 23.5 Å². The highest BCUT2D eigenvalue weighted by Gasteiger charge is 2.45. The van der Waals surface area contributed by atoms with Crippen molar-refractivity contribution >= 4 is 23.4 Å². The van der Waals surface area contributed by atoms with Crippen molar-refractivity contribution in [2.75, 3.05) is 12.0 Å². The Hall–Kier alpha value is -3.94. The van der Waals surface area contributed by atoms with Crippen LogP contribution >= 0.6 is 0 Å². The molecule has 1 saturated heterocycles. The zero-order chi connectivity index (χ0) is 21.1. The van der Waals surface area contributed by atoms with Crippen molar-refractivity contribution in [1.82, 2.24) is 9.88 Å². The fourth-order valence-corrected chi connectivity index (χ4v) is 3.42. The number of benzene rings is 1. The van der Waals surface area contributed by atoms with E-state index < -0.39 is 17.9 Å². The summed E-state index contributed by atoms with van der Waals surface area (Å²) in [6.45, 7) is 0.119. The first-order valence-corrected chi connectivity index (χ1v) is 9.32. The molecule has 4 rings (SSSR count). The molecule has 0 aliphatic carbocycles. The monoisotopic (exact) mass is 405 g/mol. The standard InChI is InChI=1S/C22H19N3O5/c1-29-17-8-6-16(7-9-17)25-20(26)12-18(21(25)27)24(14-15-4-2-10-23-13-15)22(28)19-5-3-11-30-19/h2-11,13,18H,12,14H2,1H3. The molecule has 1 aliphatic heterocycles. The van der Waals surface area contributed by atoms with E-state index in [1.54, 1.807) is 54.9 Å². The van der Waals surface area contributed by atoms with Crippen LogP contribution < -0.4 is 9.64 Å². The molecule has 0 bridgehead atoms. The Balaban J connectivity index is 1.65. The molecule has 1 aromatic carbocycles. The predicted octanol–water partition coefficient (Wildman–Crippen LogP) is 2.66. The number of carbonyl (C=O) groups excluding carboxylic acids is 3. The van der Waals surface area contributed by atoms with Gasteiger partial charge in [-0.05, 0) is 48.0 Å². The summed E-state index contributed by atoms with van der Waals surface area (Å²) in [6.07, 6.45) is 4.51. The Morgan fingerprint density at radius 2 is 2.00 bits per heavy atom. The number of imide groups is 1. The number of ether oxygens (including phenoxy) is 1. The van der Waals surface area contributed by atoms with E-state index in [2.05, 4.69) is 4.98 Å². The van der Waals surface area contributed by atoms with Crippen LogP contribution in [-0.4, -0.2) is 40.8 Å². The fraction of sp³-hybridized carbons (Fsp3) is 0.182. The van der Waals surface area contributed by atoms with Gasteiger partial charge < -0.3 is 14.1 Å². The van der Waals surface area contributed by atoms with Gasteiger partial charge in [-0.15, -0.1) is 0 Å². The molecule has 1 atom stereocenters. The molecule has 0 radical (unpaired) electrons. The minimum absolute atomic E-state index is 0.0991. The van der Waals surface area contributed by atoms with Gasteiger partial charge >= 0.3 is 0 Å². The quantitative estimate of drug-likeness (QED) is 0.586. The summed E-state index contributed by atoms with van der Waals surface area (Å²) in [6, 6.07) is 12.3. The predicted molar refractivity (Wildman–Crippen MR) is 107 cm³/mol. The number of aromatic nitrogens is 1. The van der Waals surface area contributed by atoms with Crippen LogP contribution in [0.3, 0.4) is 0 Å². The summed E-state index contributed by atoms with van der Waals surface area (Å²) in [5.74, 6) is -0.596. The molecular weight excluding hydrogens is 386 g/mol. The maximum absolute atomic E-state index is 13.2. The van der Waals surface area contributed by atoms with Crippen LogP contribution in [0.5, 0.6) is 5.75 Å². The molecule has 1 aliphatic rings. The SMILES string of the molecule is COc1ccc(N2C(=O)CC(N(Cc3cccnc3)C(=O)c3ccco3)C2=O)cc1. The molecule has 3 aromatic rings. The van der Waals surface area contributed by atoms with E-state index >= 15 is 0 Å². The van der Waals surface area contributed by atoms with E-state index in [0.717, 1.165) is 10.5 Å². The first-order valence-electron chi connectivity index (χ1n) is 9.32. The molecule has 2 aromatic heterocycles. The Morgan fingerprint density at radius 3 is 2.63 bits per heavy atom. The summed E-state index contributed by atoms with van der Waals surface area (Å²) in [5.41, 5.74) is 1.17.